The number of sulfonamides is 1. The largest absolute Gasteiger partial charge is 0.243 e. The van der Waals surface area contributed by atoms with Crippen molar-refractivity contribution in [3.8, 4) is 0 Å². The van der Waals surface area contributed by atoms with Crippen LogP contribution in [0.2, 0.25) is 5.15 Å². The van der Waals surface area contributed by atoms with Gasteiger partial charge in [-0.25, -0.2) is 18.1 Å². The highest BCUT2D eigenvalue weighted by molar-refractivity contribution is 9.10. The van der Waals surface area contributed by atoms with E-state index in [1.807, 2.05) is 37.3 Å². The summed E-state index contributed by atoms with van der Waals surface area (Å²) >= 11 is 9.10. The van der Waals surface area contributed by atoms with Crippen LogP contribution in [0.25, 0.3) is 0 Å². The van der Waals surface area contributed by atoms with Crippen molar-refractivity contribution in [2.24, 2.45) is 0 Å². The van der Waals surface area contributed by atoms with Crippen molar-refractivity contribution in [3.63, 3.8) is 0 Å². The highest BCUT2D eigenvalue weighted by Crippen LogP contribution is 2.24. The van der Waals surface area contributed by atoms with Gasteiger partial charge in [0.15, 0.2) is 0 Å². The predicted octanol–water partition coefficient (Wildman–Crippen LogP) is 3.97. The second-order valence-electron chi connectivity index (χ2n) is 4.81. The predicted molar refractivity (Wildman–Crippen MR) is 91.6 cm³/mol. The zero-order chi connectivity index (χ0) is 16.2. The molecule has 0 spiro atoms. The molecule has 1 heterocycles. The molecular formula is C15H16BrClN2O2S. The van der Waals surface area contributed by atoms with Crippen molar-refractivity contribution in [3.05, 3.63) is 57.8 Å². The number of rotatable bonds is 6. The molecule has 4 nitrogen and oxygen atoms in total. The monoisotopic (exact) mass is 402 g/mol. The maximum absolute atomic E-state index is 12.4. The van der Waals surface area contributed by atoms with Crippen molar-refractivity contribution >= 4 is 37.6 Å². The Balaban J connectivity index is 2.17. The molecule has 1 aromatic carbocycles. The molecule has 22 heavy (non-hydrogen) atoms. The first-order chi connectivity index (χ1) is 10.4. The van der Waals surface area contributed by atoms with Crippen LogP contribution in [0.5, 0.6) is 0 Å². The van der Waals surface area contributed by atoms with Crippen LogP contribution in [0.15, 0.2) is 52.0 Å². The number of nitrogens with zero attached hydrogens (tertiary/aromatic N) is 1. The lowest BCUT2D eigenvalue weighted by molar-refractivity contribution is 0.566. The van der Waals surface area contributed by atoms with Crippen LogP contribution < -0.4 is 4.72 Å². The van der Waals surface area contributed by atoms with Crippen molar-refractivity contribution in [2.75, 3.05) is 6.54 Å². The maximum Gasteiger partial charge on any atom is 0.243 e. The third-order valence-electron chi connectivity index (χ3n) is 3.35. The Kier molecular flexibility index (Phi) is 5.97. The number of hydrogen-bond acceptors (Lipinski definition) is 3. The fourth-order valence-electron chi connectivity index (χ4n) is 2.10. The smallest absolute Gasteiger partial charge is 0.242 e. The Morgan fingerprint density at radius 3 is 2.64 bits per heavy atom. The van der Waals surface area contributed by atoms with E-state index in [1.165, 1.54) is 12.3 Å². The minimum atomic E-state index is -3.70. The molecule has 1 aromatic heterocycles. The Labute approximate surface area is 144 Å². The summed E-state index contributed by atoms with van der Waals surface area (Å²) in [5.74, 6) is 0.106. The summed E-state index contributed by atoms with van der Waals surface area (Å²) in [6.45, 7) is 2.34. The molecule has 0 saturated heterocycles. The van der Waals surface area contributed by atoms with E-state index in [4.69, 9.17) is 11.6 Å². The average molecular weight is 404 g/mol. The van der Waals surface area contributed by atoms with Crippen molar-refractivity contribution in [1.29, 1.82) is 0 Å². The molecule has 7 heteroatoms. The lowest BCUT2D eigenvalue weighted by Crippen LogP contribution is -2.28. The van der Waals surface area contributed by atoms with Gasteiger partial charge in [0.25, 0.3) is 0 Å². The second kappa shape index (κ2) is 7.55. The van der Waals surface area contributed by atoms with Crippen LogP contribution in [0.1, 0.15) is 24.8 Å². The Bertz CT molecular complexity index is 738. The third kappa shape index (κ3) is 4.29. The van der Waals surface area contributed by atoms with E-state index < -0.39 is 10.0 Å². The van der Waals surface area contributed by atoms with Crippen LogP contribution in [-0.2, 0) is 10.0 Å². The van der Waals surface area contributed by atoms with Crippen LogP contribution >= 0.6 is 27.5 Å². The summed E-state index contributed by atoms with van der Waals surface area (Å²) in [4.78, 5) is 3.83. The van der Waals surface area contributed by atoms with Gasteiger partial charge < -0.3 is 0 Å². The number of halogens is 2. The van der Waals surface area contributed by atoms with Crippen LogP contribution in [0.3, 0.4) is 0 Å². The standard InChI is InChI=1S/C15H16BrClN2O2S/c1-2-11(12-6-4-3-5-7-12)9-19-22(20,21)14-8-13(16)10-18-15(14)17/h3-8,10-11,19H,2,9H2,1H3. The van der Waals surface area contributed by atoms with Gasteiger partial charge in [-0.05, 0) is 39.9 Å². The summed E-state index contributed by atoms with van der Waals surface area (Å²) in [6.07, 6.45) is 2.29. The summed E-state index contributed by atoms with van der Waals surface area (Å²) in [7, 11) is -3.70. The van der Waals surface area contributed by atoms with Gasteiger partial charge in [0.1, 0.15) is 10.0 Å². The van der Waals surface area contributed by atoms with Gasteiger partial charge >= 0.3 is 0 Å². The molecule has 118 valence electrons. The second-order valence-corrected chi connectivity index (χ2v) is 7.82. The summed E-state index contributed by atoms with van der Waals surface area (Å²) in [5.41, 5.74) is 1.10. The van der Waals surface area contributed by atoms with E-state index in [9.17, 15) is 8.42 Å². The molecule has 2 rings (SSSR count). The molecule has 1 N–H and O–H groups in total. The molecule has 2 aromatic rings. The molecule has 0 aliphatic heterocycles. The third-order valence-corrected chi connectivity index (χ3v) is 5.63. The molecule has 0 aliphatic carbocycles. The fourth-order valence-corrected chi connectivity index (χ4v) is 4.13. The molecule has 1 atom stereocenters. The topological polar surface area (TPSA) is 59.1 Å². The van der Waals surface area contributed by atoms with E-state index in [-0.39, 0.29) is 16.0 Å². The number of hydrogen-bond donors (Lipinski definition) is 1. The molecule has 0 radical (unpaired) electrons. The minimum Gasteiger partial charge on any atom is -0.242 e. The molecule has 1 unspecified atom stereocenters. The summed E-state index contributed by atoms with van der Waals surface area (Å²) in [6, 6.07) is 11.3. The van der Waals surface area contributed by atoms with Crippen LogP contribution in [0, 0.1) is 0 Å². The first-order valence-electron chi connectivity index (χ1n) is 6.79. The van der Waals surface area contributed by atoms with Gasteiger partial charge in [-0.3, -0.25) is 0 Å². The first kappa shape index (κ1) is 17.4. The van der Waals surface area contributed by atoms with Gasteiger partial charge in [0, 0.05) is 17.2 Å². The van der Waals surface area contributed by atoms with E-state index in [0.29, 0.717) is 11.0 Å². The van der Waals surface area contributed by atoms with Crippen molar-refractivity contribution < 1.29 is 8.42 Å². The fraction of sp³-hybridized carbons (Fsp3) is 0.267. The summed E-state index contributed by atoms with van der Waals surface area (Å²) < 4.78 is 28.0. The van der Waals surface area contributed by atoms with E-state index in [1.54, 1.807) is 0 Å². The van der Waals surface area contributed by atoms with Gasteiger partial charge in [0.05, 0.1) is 0 Å². The van der Waals surface area contributed by atoms with Gasteiger partial charge in [-0.15, -0.1) is 0 Å². The van der Waals surface area contributed by atoms with Gasteiger partial charge in [0.2, 0.25) is 10.0 Å². The van der Waals surface area contributed by atoms with Crippen molar-refractivity contribution in [2.45, 2.75) is 24.2 Å². The van der Waals surface area contributed by atoms with E-state index in [0.717, 1.165) is 12.0 Å². The molecule has 0 bridgehead atoms. The Morgan fingerprint density at radius 2 is 2.00 bits per heavy atom. The highest BCUT2D eigenvalue weighted by atomic mass is 79.9. The average Bonchev–Trinajstić information content (AvgIpc) is 2.51. The highest BCUT2D eigenvalue weighted by Gasteiger charge is 2.21. The first-order valence-corrected chi connectivity index (χ1v) is 9.45. The quantitative estimate of drug-likeness (QED) is 0.742. The van der Waals surface area contributed by atoms with Gasteiger partial charge in [-0.2, -0.15) is 0 Å². The SMILES string of the molecule is CCC(CNS(=O)(=O)c1cc(Br)cnc1Cl)c1ccccc1. The lowest BCUT2D eigenvalue weighted by Gasteiger charge is -2.16. The number of benzene rings is 1. The maximum atomic E-state index is 12.4. The molecule has 0 amide bonds. The van der Waals surface area contributed by atoms with E-state index in [2.05, 4.69) is 25.6 Å². The molecule has 0 fully saturated rings. The van der Waals surface area contributed by atoms with Crippen LogP contribution in [0.4, 0.5) is 0 Å². The lowest BCUT2D eigenvalue weighted by atomic mass is 9.97. The van der Waals surface area contributed by atoms with E-state index >= 15 is 0 Å². The zero-order valence-corrected chi connectivity index (χ0v) is 15.1. The molecule has 0 saturated carbocycles. The Morgan fingerprint density at radius 1 is 1.32 bits per heavy atom. The minimum absolute atomic E-state index is 0.0218. The summed E-state index contributed by atoms with van der Waals surface area (Å²) in [5, 5.41) is -0.0385. The number of nitrogens with one attached hydrogen (secondary N) is 1. The van der Waals surface area contributed by atoms with Gasteiger partial charge in [-0.1, -0.05) is 48.9 Å². The normalized spacial score (nSPS) is 13.0. The molecular weight excluding hydrogens is 388 g/mol. The zero-order valence-electron chi connectivity index (χ0n) is 12.0. The number of pyridine rings is 1. The number of aromatic nitrogens is 1. The van der Waals surface area contributed by atoms with Crippen molar-refractivity contribution in [1.82, 2.24) is 9.71 Å². The van der Waals surface area contributed by atoms with Crippen LogP contribution in [-0.4, -0.2) is 19.9 Å². The Hall–Kier alpha value is -0.950. The molecule has 0 aliphatic rings.